The Morgan fingerprint density at radius 3 is 2.66 bits per heavy atom. The fraction of sp³-hybridized carbons (Fsp3) is 0.273. The summed E-state index contributed by atoms with van der Waals surface area (Å²) in [6.45, 7) is 3.08. The van der Waals surface area contributed by atoms with Gasteiger partial charge in [-0.2, -0.15) is 4.52 Å². The van der Waals surface area contributed by atoms with Gasteiger partial charge in [0, 0.05) is 25.6 Å². The van der Waals surface area contributed by atoms with Crippen molar-refractivity contribution in [2.24, 2.45) is 0 Å². The van der Waals surface area contributed by atoms with Crippen molar-refractivity contribution >= 4 is 51.1 Å². The largest absolute Gasteiger partial charge is 0.347 e. The van der Waals surface area contributed by atoms with Gasteiger partial charge in [-0.05, 0) is 42.8 Å². The summed E-state index contributed by atoms with van der Waals surface area (Å²) in [5.41, 5.74) is 2.96. The van der Waals surface area contributed by atoms with Crippen LogP contribution in [0.4, 0.5) is 21.2 Å². The van der Waals surface area contributed by atoms with Crippen molar-refractivity contribution in [1.82, 2.24) is 19.6 Å². The van der Waals surface area contributed by atoms with Crippen molar-refractivity contribution in [2.75, 3.05) is 29.9 Å². The minimum Gasteiger partial charge on any atom is -0.347 e. The quantitative estimate of drug-likeness (QED) is 0.419. The van der Waals surface area contributed by atoms with E-state index in [1.807, 2.05) is 35.9 Å². The molecule has 4 heterocycles. The Bertz CT molecular complexity index is 1320. The molecule has 0 bridgehead atoms. The molecular formula is C22H20ClFN6OS. The summed E-state index contributed by atoms with van der Waals surface area (Å²) in [6.07, 6.45) is 1.25. The standard InChI is InChI=1S/C22H20ClFN6OS/c1-3-16-21(30-17(25-16)8-9-18(27-30)29-11-10-15(31)12-29)28(2)22-26-19(20(23)32-22)13-4-6-14(24)7-5-13/h4-9H,3,10-12H2,1-2H3. The number of benzene rings is 1. The molecule has 4 aromatic rings. The molecular weight excluding hydrogens is 451 g/mol. The molecule has 0 unspecified atom stereocenters. The number of Topliss-reactive ketones (excluding diaryl/α,β-unsaturated/α-hetero) is 1. The third-order valence-electron chi connectivity index (χ3n) is 5.49. The Morgan fingerprint density at radius 2 is 1.97 bits per heavy atom. The van der Waals surface area contributed by atoms with Crippen LogP contribution in [0.25, 0.3) is 16.9 Å². The smallest absolute Gasteiger partial charge is 0.192 e. The summed E-state index contributed by atoms with van der Waals surface area (Å²) in [4.78, 5) is 25.1. The van der Waals surface area contributed by atoms with Gasteiger partial charge < -0.3 is 9.80 Å². The fourth-order valence-electron chi connectivity index (χ4n) is 3.84. The minimum atomic E-state index is -0.308. The summed E-state index contributed by atoms with van der Waals surface area (Å²) in [5.74, 6) is 1.44. The highest BCUT2D eigenvalue weighted by molar-refractivity contribution is 7.20. The summed E-state index contributed by atoms with van der Waals surface area (Å²) in [6, 6.07) is 9.93. The molecule has 1 fully saturated rings. The number of hydrogen-bond donors (Lipinski definition) is 0. The average molecular weight is 471 g/mol. The number of rotatable bonds is 5. The molecule has 164 valence electrons. The number of ketones is 1. The monoisotopic (exact) mass is 470 g/mol. The van der Waals surface area contributed by atoms with Gasteiger partial charge in [0.15, 0.2) is 22.4 Å². The fourth-order valence-corrected chi connectivity index (χ4v) is 4.98. The molecule has 1 saturated heterocycles. The molecule has 0 aliphatic carbocycles. The van der Waals surface area contributed by atoms with E-state index in [9.17, 15) is 9.18 Å². The lowest BCUT2D eigenvalue weighted by atomic mass is 10.2. The lowest BCUT2D eigenvalue weighted by molar-refractivity contribution is -0.116. The van der Waals surface area contributed by atoms with Gasteiger partial charge >= 0.3 is 0 Å². The van der Waals surface area contributed by atoms with Crippen LogP contribution in [0.1, 0.15) is 19.0 Å². The number of nitrogens with zero attached hydrogens (tertiary/aromatic N) is 6. The van der Waals surface area contributed by atoms with Gasteiger partial charge in [0.25, 0.3) is 0 Å². The molecule has 32 heavy (non-hydrogen) atoms. The molecule has 10 heteroatoms. The molecule has 1 aliphatic heterocycles. The van der Waals surface area contributed by atoms with Crippen LogP contribution in [0, 0.1) is 5.82 Å². The van der Waals surface area contributed by atoms with Crippen molar-refractivity contribution in [3.05, 3.63) is 52.2 Å². The summed E-state index contributed by atoms with van der Waals surface area (Å²) >= 11 is 7.84. The van der Waals surface area contributed by atoms with Crippen molar-refractivity contribution in [2.45, 2.75) is 19.8 Å². The molecule has 0 radical (unpaired) electrons. The second-order valence-electron chi connectivity index (χ2n) is 7.59. The molecule has 1 aliphatic rings. The van der Waals surface area contributed by atoms with Crippen molar-refractivity contribution in [3.8, 4) is 11.3 Å². The zero-order valence-corrected chi connectivity index (χ0v) is 19.1. The Kier molecular flexibility index (Phi) is 5.30. The van der Waals surface area contributed by atoms with Gasteiger partial charge in [0.2, 0.25) is 0 Å². The number of aromatic nitrogens is 4. The van der Waals surface area contributed by atoms with Crippen molar-refractivity contribution in [3.63, 3.8) is 0 Å². The first kappa shape index (κ1) is 20.8. The lowest BCUT2D eigenvalue weighted by Gasteiger charge is -2.18. The van der Waals surface area contributed by atoms with Crippen LogP contribution in [-0.2, 0) is 11.2 Å². The van der Waals surface area contributed by atoms with Crippen molar-refractivity contribution in [1.29, 1.82) is 0 Å². The van der Waals surface area contributed by atoms with Crippen LogP contribution in [0.2, 0.25) is 4.34 Å². The maximum atomic E-state index is 13.3. The SMILES string of the molecule is CCc1nc2ccc(N3CCC(=O)C3)nn2c1N(C)c1nc(-c2ccc(F)cc2)c(Cl)s1. The van der Waals surface area contributed by atoms with Crippen LogP contribution in [-0.4, -0.2) is 45.5 Å². The van der Waals surface area contributed by atoms with E-state index in [4.69, 9.17) is 26.7 Å². The van der Waals surface area contributed by atoms with Crippen molar-refractivity contribution < 1.29 is 9.18 Å². The molecule has 0 saturated carbocycles. The third kappa shape index (κ3) is 3.61. The molecule has 7 nitrogen and oxygen atoms in total. The number of anilines is 3. The van der Waals surface area contributed by atoms with Gasteiger partial charge in [-0.25, -0.2) is 14.4 Å². The Balaban J connectivity index is 1.56. The maximum Gasteiger partial charge on any atom is 0.192 e. The lowest BCUT2D eigenvalue weighted by Crippen LogP contribution is -2.22. The van der Waals surface area contributed by atoms with E-state index < -0.39 is 0 Å². The Hall–Kier alpha value is -3.04. The predicted molar refractivity (Wildman–Crippen MR) is 125 cm³/mol. The number of hydrogen-bond acceptors (Lipinski definition) is 7. The molecule has 0 amide bonds. The Labute approximate surface area is 193 Å². The number of halogens is 2. The van der Waals surface area contributed by atoms with Crippen LogP contribution >= 0.6 is 22.9 Å². The second-order valence-corrected chi connectivity index (χ2v) is 9.17. The molecule has 5 rings (SSSR count). The van der Waals surface area contributed by atoms with Crippen LogP contribution in [0.3, 0.4) is 0 Å². The van der Waals surface area contributed by atoms with E-state index in [0.29, 0.717) is 41.1 Å². The third-order valence-corrected chi connectivity index (χ3v) is 6.82. The average Bonchev–Trinajstić information content (AvgIpc) is 3.49. The molecule has 1 aromatic carbocycles. The van der Waals surface area contributed by atoms with E-state index in [-0.39, 0.29) is 11.6 Å². The van der Waals surface area contributed by atoms with Gasteiger partial charge in [-0.15, -0.1) is 5.10 Å². The second kappa shape index (κ2) is 8.14. The summed E-state index contributed by atoms with van der Waals surface area (Å²) in [5, 5.41) is 5.47. The first-order valence-electron chi connectivity index (χ1n) is 10.3. The molecule has 3 aromatic heterocycles. The van der Waals surface area contributed by atoms with E-state index in [0.717, 1.165) is 28.5 Å². The number of imidazole rings is 1. The summed E-state index contributed by atoms with van der Waals surface area (Å²) < 4.78 is 15.6. The summed E-state index contributed by atoms with van der Waals surface area (Å²) in [7, 11) is 1.90. The number of thiazole rings is 1. The number of carbonyl (C=O) groups is 1. The van der Waals surface area contributed by atoms with E-state index in [1.54, 1.807) is 16.6 Å². The highest BCUT2D eigenvalue weighted by Gasteiger charge is 2.24. The minimum absolute atomic E-state index is 0.217. The normalized spacial score (nSPS) is 14.0. The maximum absolute atomic E-state index is 13.3. The van der Waals surface area contributed by atoms with Gasteiger partial charge in [0.05, 0.1) is 12.2 Å². The Morgan fingerprint density at radius 1 is 1.19 bits per heavy atom. The number of carbonyl (C=O) groups excluding carboxylic acids is 1. The van der Waals surface area contributed by atoms with E-state index in [1.165, 1.54) is 23.5 Å². The number of aryl methyl sites for hydroxylation is 1. The highest BCUT2D eigenvalue weighted by Crippen LogP contribution is 2.39. The van der Waals surface area contributed by atoms with Gasteiger partial charge in [-0.1, -0.05) is 29.9 Å². The zero-order valence-electron chi connectivity index (χ0n) is 17.5. The first-order chi connectivity index (χ1) is 15.4. The molecule has 0 spiro atoms. The van der Waals surface area contributed by atoms with Gasteiger partial charge in [0.1, 0.15) is 21.7 Å². The molecule has 0 atom stereocenters. The topological polar surface area (TPSA) is 66.6 Å². The number of fused-ring (bicyclic) bond motifs is 1. The zero-order chi connectivity index (χ0) is 22.4. The predicted octanol–water partition coefficient (Wildman–Crippen LogP) is 4.75. The van der Waals surface area contributed by atoms with Crippen LogP contribution in [0.5, 0.6) is 0 Å². The van der Waals surface area contributed by atoms with Crippen LogP contribution < -0.4 is 9.80 Å². The van der Waals surface area contributed by atoms with E-state index >= 15 is 0 Å². The highest BCUT2D eigenvalue weighted by atomic mass is 35.5. The van der Waals surface area contributed by atoms with Gasteiger partial charge in [-0.3, -0.25) is 4.79 Å². The van der Waals surface area contributed by atoms with E-state index in [2.05, 4.69) is 0 Å². The van der Waals surface area contributed by atoms with Crippen LogP contribution in [0.15, 0.2) is 36.4 Å². The molecule has 0 N–H and O–H groups in total. The first-order valence-corrected chi connectivity index (χ1v) is 11.5.